The van der Waals surface area contributed by atoms with Crippen molar-refractivity contribution in [3.63, 3.8) is 0 Å². The number of para-hydroxylation sites is 1. The minimum absolute atomic E-state index is 0.139. The number of nitrogens with zero attached hydrogens (tertiary/aromatic N) is 4. The van der Waals surface area contributed by atoms with Crippen LogP contribution in [0.25, 0.3) is 10.2 Å². The van der Waals surface area contributed by atoms with E-state index in [1.54, 1.807) is 18.4 Å². The molecule has 7 nitrogen and oxygen atoms in total. The smallest absolute Gasteiger partial charge is 0.229 e. The van der Waals surface area contributed by atoms with E-state index in [4.69, 9.17) is 14.5 Å². The van der Waals surface area contributed by atoms with E-state index in [-0.39, 0.29) is 11.8 Å². The fraction of sp³-hybridized carbons (Fsp3) is 0.600. The predicted octanol–water partition coefficient (Wildman–Crippen LogP) is 1.54. The lowest BCUT2D eigenvalue weighted by molar-refractivity contribution is -0.138. The third-order valence-corrected chi connectivity index (χ3v) is 6.56. The summed E-state index contributed by atoms with van der Waals surface area (Å²) < 4.78 is 12.1. The van der Waals surface area contributed by atoms with E-state index >= 15 is 0 Å². The highest BCUT2D eigenvalue weighted by Crippen LogP contribution is 2.29. The molecule has 0 aliphatic carbocycles. The number of piperazine rings is 1. The fourth-order valence-electron chi connectivity index (χ4n) is 3.80. The highest BCUT2D eigenvalue weighted by atomic mass is 32.1. The molecule has 2 fully saturated rings. The molecule has 0 spiro atoms. The van der Waals surface area contributed by atoms with Gasteiger partial charge >= 0.3 is 0 Å². The van der Waals surface area contributed by atoms with Crippen molar-refractivity contribution in [2.45, 2.75) is 0 Å². The number of benzene rings is 1. The lowest BCUT2D eigenvalue weighted by Gasteiger charge is -2.36. The Balaban J connectivity index is 1.39. The number of thiazole rings is 1. The highest BCUT2D eigenvalue weighted by molar-refractivity contribution is 7.22. The zero-order valence-corrected chi connectivity index (χ0v) is 17.2. The van der Waals surface area contributed by atoms with Crippen LogP contribution in [0.15, 0.2) is 24.3 Å². The van der Waals surface area contributed by atoms with Crippen LogP contribution in [0.3, 0.4) is 0 Å². The first-order valence-corrected chi connectivity index (χ1v) is 10.7. The summed E-state index contributed by atoms with van der Waals surface area (Å²) in [7, 11) is 1.73. The number of aromatic nitrogens is 1. The number of carbonyl (C=O) groups is 1. The summed E-state index contributed by atoms with van der Waals surface area (Å²) in [6, 6.07) is 8.18. The number of methoxy groups -OCH3 is 1. The first kappa shape index (κ1) is 19.6. The second kappa shape index (κ2) is 9.17. The first-order chi connectivity index (χ1) is 13.7. The minimum Gasteiger partial charge on any atom is -0.383 e. The molecule has 0 N–H and O–H groups in total. The first-order valence-electron chi connectivity index (χ1n) is 9.93. The van der Waals surface area contributed by atoms with Crippen molar-refractivity contribution in [1.29, 1.82) is 0 Å². The third kappa shape index (κ3) is 4.46. The van der Waals surface area contributed by atoms with Crippen molar-refractivity contribution in [2.75, 3.05) is 77.6 Å². The molecule has 152 valence electrons. The van der Waals surface area contributed by atoms with Gasteiger partial charge in [0.2, 0.25) is 5.91 Å². The average molecular weight is 405 g/mol. The molecule has 1 aromatic heterocycles. The van der Waals surface area contributed by atoms with Crippen LogP contribution >= 0.6 is 11.3 Å². The second-order valence-electron chi connectivity index (χ2n) is 7.34. The molecule has 2 aliphatic heterocycles. The Morgan fingerprint density at radius 3 is 2.86 bits per heavy atom. The number of rotatable bonds is 5. The standard InChI is InChI=1S/C20H28N4O3S/c1-26-12-10-22-6-8-23(9-7-22)19(25)16-14-24(11-13-27-15-16)20-21-17-4-2-3-5-18(17)28-20/h2-5,16H,6-15H2,1H3. The van der Waals surface area contributed by atoms with Gasteiger partial charge in [-0.3, -0.25) is 9.69 Å². The summed E-state index contributed by atoms with van der Waals surface area (Å²) in [5, 5.41) is 0.980. The van der Waals surface area contributed by atoms with Crippen molar-refractivity contribution < 1.29 is 14.3 Å². The van der Waals surface area contributed by atoms with Gasteiger partial charge in [0.15, 0.2) is 5.13 Å². The van der Waals surface area contributed by atoms with Crippen LogP contribution in [-0.2, 0) is 14.3 Å². The van der Waals surface area contributed by atoms with Gasteiger partial charge in [0.25, 0.3) is 0 Å². The summed E-state index contributed by atoms with van der Waals surface area (Å²) >= 11 is 1.69. The van der Waals surface area contributed by atoms with E-state index in [1.807, 2.05) is 23.1 Å². The number of hydrogen-bond acceptors (Lipinski definition) is 7. The van der Waals surface area contributed by atoms with E-state index in [2.05, 4.69) is 15.9 Å². The minimum atomic E-state index is -0.139. The maximum Gasteiger partial charge on any atom is 0.229 e. The topological polar surface area (TPSA) is 58.1 Å². The van der Waals surface area contributed by atoms with Gasteiger partial charge in [-0.05, 0) is 12.1 Å². The van der Waals surface area contributed by atoms with E-state index < -0.39 is 0 Å². The quantitative estimate of drug-likeness (QED) is 0.754. The van der Waals surface area contributed by atoms with Gasteiger partial charge in [-0.15, -0.1) is 0 Å². The molecule has 3 heterocycles. The summed E-state index contributed by atoms with van der Waals surface area (Å²) in [4.78, 5) is 24.5. The van der Waals surface area contributed by atoms with Gasteiger partial charge in [-0.2, -0.15) is 0 Å². The Hall–Kier alpha value is -1.74. The van der Waals surface area contributed by atoms with Gasteiger partial charge in [0.1, 0.15) is 0 Å². The van der Waals surface area contributed by atoms with Crippen molar-refractivity contribution in [3.8, 4) is 0 Å². The number of amides is 1. The van der Waals surface area contributed by atoms with Crippen molar-refractivity contribution in [2.24, 2.45) is 5.92 Å². The van der Waals surface area contributed by atoms with Crippen LogP contribution in [0.2, 0.25) is 0 Å². The summed E-state index contributed by atoms with van der Waals surface area (Å²) in [6.07, 6.45) is 0. The summed E-state index contributed by atoms with van der Waals surface area (Å²) in [6.45, 7) is 7.60. The van der Waals surface area contributed by atoms with Crippen LogP contribution in [0.5, 0.6) is 0 Å². The summed E-state index contributed by atoms with van der Waals surface area (Å²) in [5.41, 5.74) is 1.02. The molecule has 0 bridgehead atoms. The Labute approximate surface area is 169 Å². The molecule has 0 saturated carbocycles. The Kier molecular flexibility index (Phi) is 6.41. The molecular formula is C20H28N4O3S. The van der Waals surface area contributed by atoms with E-state index in [0.29, 0.717) is 19.8 Å². The molecule has 4 rings (SSSR count). The maximum atomic E-state index is 13.1. The van der Waals surface area contributed by atoms with Crippen LogP contribution < -0.4 is 4.90 Å². The predicted molar refractivity (Wildman–Crippen MR) is 111 cm³/mol. The largest absolute Gasteiger partial charge is 0.383 e. The molecule has 0 radical (unpaired) electrons. The molecule has 28 heavy (non-hydrogen) atoms. The fourth-order valence-corrected chi connectivity index (χ4v) is 4.80. The monoisotopic (exact) mass is 404 g/mol. The van der Waals surface area contributed by atoms with Gasteiger partial charge in [0.05, 0.1) is 36.0 Å². The maximum absolute atomic E-state index is 13.1. The molecule has 1 amide bonds. The molecule has 1 aromatic carbocycles. The molecular weight excluding hydrogens is 376 g/mol. The third-order valence-electron chi connectivity index (χ3n) is 5.46. The Morgan fingerprint density at radius 1 is 1.25 bits per heavy atom. The zero-order valence-electron chi connectivity index (χ0n) is 16.4. The Morgan fingerprint density at radius 2 is 2.07 bits per heavy atom. The van der Waals surface area contributed by atoms with Crippen LogP contribution in [0.1, 0.15) is 0 Å². The van der Waals surface area contributed by atoms with Crippen molar-refractivity contribution >= 4 is 32.6 Å². The van der Waals surface area contributed by atoms with E-state index in [0.717, 1.165) is 56.5 Å². The molecule has 2 aliphatic rings. The normalized spacial score (nSPS) is 21.8. The SMILES string of the molecule is COCCN1CCN(C(=O)C2COCCN(c3nc4ccccc4s3)C2)CC1. The number of ether oxygens (including phenoxy) is 2. The van der Waals surface area contributed by atoms with Gasteiger partial charge in [-0.25, -0.2) is 4.98 Å². The number of anilines is 1. The molecule has 8 heteroatoms. The van der Waals surface area contributed by atoms with E-state index in [9.17, 15) is 4.79 Å². The molecule has 2 aromatic rings. The van der Waals surface area contributed by atoms with Crippen LogP contribution in [0, 0.1) is 5.92 Å². The average Bonchev–Trinajstić information content (AvgIpc) is 3.01. The second-order valence-corrected chi connectivity index (χ2v) is 8.35. The van der Waals surface area contributed by atoms with Gasteiger partial charge in [0, 0.05) is 52.9 Å². The number of carbonyl (C=O) groups excluding carboxylic acids is 1. The zero-order chi connectivity index (χ0) is 19.3. The number of fused-ring (bicyclic) bond motifs is 1. The van der Waals surface area contributed by atoms with Gasteiger partial charge in [-0.1, -0.05) is 23.5 Å². The van der Waals surface area contributed by atoms with Crippen molar-refractivity contribution in [3.05, 3.63) is 24.3 Å². The van der Waals surface area contributed by atoms with Crippen LogP contribution in [0.4, 0.5) is 5.13 Å². The lowest BCUT2D eigenvalue weighted by Crippen LogP contribution is -2.52. The van der Waals surface area contributed by atoms with E-state index in [1.165, 1.54) is 4.70 Å². The van der Waals surface area contributed by atoms with Gasteiger partial charge < -0.3 is 19.3 Å². The number of hydrogen-bond donors (Lipinski definition) is 0. The van der Waals surface area contributed by atoms with Crippen molar-refractivity contribution in [1.82, 2.24) is 14.8 Å². The lowest BCUT2D eigenvalue weighted by atomic mass is 10.1. The molecule has 2 saturated heterocycles. The molecule has 1 atom stereocenters. The van der Waals surface area contributed by atoms with Crippen LogP contribution in [-0.4, -0.2) is 93.4 Å². The molecule has 1 unspecified atom stereocenters. The highest BCUT2D eigenvalue weighted by Gasteiger charge is 2.31. The summed E-state index contributed by atoms with van der Waals surface area (Å²) in [5.74, 6) is 0.0689. The Bertz CT molecular complexity index is 758.